The van der Waals surface area contributed by atoms with E-state index in [1.165, 1.54) is 6.07 Å². The normalized spacial score (nSPS) is 17.3. The highest BCUT2D eigenvalue weighted by Crippen LogP contribution is 2.25. The molecule has 2 aliphatic rings. The molecule has 0 radical (unpaired) electrons. The summed E-state index contributed by atoms with van der Waals surface area (Å²) in [5, 5.41) is 3.00. The maximum Gasteiger partial charge on any atom is 0.234 e. The third-order valence-electron chi connectivity index (χ3n) is 5.42. The maximum absolute atomic E-state index is 13.9. The SMILES string of the molecule is O=C(CN1CCN(C(=O)CCc2ccc(-c3ccccc3F)o2)CC1)NC1CC1. The van der Waals surface area contributed by atoms with E-state index in [0.29, 0.717) is 68.7 Å². The molecule has 1 saturated heterocycles. The van der Waals surface area contributed by atoms with Crippen LogP contribution in [0.4, 0.5) is 4.39 Å². The van der Waals surface area contributed by atoms with Crippen LogP contribution in [0, 0.1) is 5.82 Å². The number of nitrogens with one attached hydrogen (secondary N) is 1. The summed E-state index contributed by atoms with van der Waals surface area (Å²) in [7, 11) is 0. The number of nitrogens with zero attached hydrogens (tertiary/aromatic N) is 2. The monoisotopic (exact) mass is 399 g/mol. The van der Waals surface area contributed by atoms with Crippen LogP contribution in [0.1, 0.15) is 25.0 Å². The molecule has 1 N–H and O–H groups in total. The van der Waals surface area contributed by atoms with Crippen molar-refractivity contribution < 1.29 is 18.4 Å². The summed E-state index contributed by atoms with van der Waals surface area (Å²) >= 11 is 0. The van der Waals surface area contributed by atoms with Crippen molar-refractivity contribution in [3.8, 4) is 11.3 Å². The van der Waals surface area contributed by atoms with E-state index in [1.54, 1.807) is 30.3 Å². The average molecular weight is 399 g/mol. The first-order chi connectivity index (χ1) is 14.1. The molecule has 0 bridgehead atoms. The number of halogens is 1. The molecule has 0 atom stereocenters. The molecule has 0 spiro atoms. The average Bonchev–Trinajstić information content (AvgIpc) is 3.40. The van der Waals surface area contributed by atoms with Crippen molar-refractivity contribution in [3.63, 3.8) is 0 Å². The molecule has 1 aromatic carbocycles. The van der Waals surface area contributed by atoms with Gasteiger partial charge in [0.15, 0.2) is 0 Å². The lowest BCUT2D eigenvalue weighted by atomic mass is 10.1. The van der Waals surface area contributed by atoms with Crippen LogP contribution in [0.3, 0.4) is 0 Å². The number of aryl methyl sites for hydroxylation is 1. The number of carbonyl (C=O) groups excluding carboxylic acids is 2. The van der Waals surface area contributed by atoms with Gasteiger partial charge >= 0.3 is 0 Å². The number of piperazine rings is 1. The number of hydrogen-bond donors (Lipinski definition) is 1. The second kappa shape index (κ2) is 8.78. The summed E-state index contributed by atoms with van der Waals surface area (Å²) in [6.45, 7) is 3.09. The van der Waals surface area contributed by atoms with Gasteiger partial charge in [-0.05, 0) is 37.1 Å². The van der Waals surface area contributed by atoms with E-state index < -0.39 is 0 Å². The van der Waals surface area contributed by atoms with Crippen molar-refractivity contribution in [3.05, 3.63) is 48.0 Å². The number of carbonyl (C=O) groups is 2. The van der Waals surface area contributed by atoms with Gasteiger partial charge < -0.3 is 14.6 Å². The summed E-state index contributed by atoms with van der Waals surface area (Å²) in [6, 6.07) is 10.4. The molecular formula is C22H26FN3O3. The molecule has 6 nitrogen and oxygen atoms in total. The van der Waals surface area contributed by atoms with Crippen molar-refractivity contribution in [2.75, 3.05) is 32.7 Å². The first-order valence-corrected chi connectivity index (χ1v) is 10.2. The molecule has 2 fully saturated rings. The Labute approximate surface area is 169 Å². The summed E-state index contributed by atoms with van der Waals surface area (Å²) in [4.78, 5) is 28.3. The Morgan fingerprint density at radius 1 is 1.07 bits per heavy atom. The van der Waals surface area contributed by atoms with Crippen molar-refractivity contribution in [1.82, 2.24) is 15.1 Å². The van der Waals surface area contributed by atoms with Crippen molar-refractivity contribution >= 4 is 11.8 Å². The summed E-state index contributed by atoms with van der Waals surface area (Å²) in [6.07, 6.45) is 3.01. The number of rotatable bonds is 7. The van der Waals surface area contributed by atoms with Crippen LogP contribution in [0.2, 0.25) is 0 Å². The van der Waals surface area contributed by atoms with E-state index in [2.05, 4.69) is 10.2 Å². The molecule has 0 unspecified atom stereocenters. The van der Waals surface area contributed by atoms with Gasteiger partial charge in [0.25, 0.3) is 0 Å². The number of hydrogen-bond acceptors (Lipinski definition) is 4. The van der Waals surface area contributed by atoms with Gasteiger partial charge in [-0.2, -0.15) is 0 Å². The molecule has 1 saturated carbocycles. The predicted molar refractivity (Wildman–Crippen MR) is 107 cm³/mol. The Hall–Kier alpha value is -2.67. The van der Waals surface area contributed by atoms with Crippen LogP contribution in [0.5, 0.6) is 0 Å². The van der Waals surface area contributed by atoms with Gasteiger partial charge in [-0.3, -0.25) is 14.5 Å². The second-order valence-corrected chi connectivity index (χ2v) is 7.74. The fourth-order valence-corrected chi connectivity index (χ4v) is 3.57. The van der Waals surface area contributed by atoms with E-state index in [0.717, 1.165) is 12.8 Å². The van der Waals surface area contributed by atoms with Gasteiger partial charge in [0.2, 0.25) is 11.8 Å². The predicted octanol–water partition coefficient (Wildman–Crippen LogP) is 2.44. The molecule has 29 heavy (non-hydrogen) atoms. The molecule has 2 amide bonds. The van der Waals surface area contributed by atoms with Crippen LogP contribution in [0.15, 0.2) is 40.8 Å². The van der Waals surface area contributed by atoms with E-state index >= 15 is 0 Å². The minimum Gasteiger partial charge on any atom is -0.461 e. The summed E-state index contributed by atoms with van der Waals surface area (Å²) < 4.78 is 19.6. The Morgan fingerprint density at radius 2 is 1.83 bits per heavy atom. The van der Waals surface area contributed by atoms with Crippen LogP contribution in [-0.2, 0) is 16.0 Å². The van der Waals surface area contributed by atoms with Crippen LogP contribution >= 0.6 is 0 Å². The van der Waals surface area contributed by atoms with E-state index in [-0.39, 0.29) is 17.6 Å². The summed E-state index contributed by atoms with van der Waals surface area (Å²) in [5.74, 6) is 0.982. The van der Waals surface area contributed by atoms with Gasteiger partial charge in [-0.1, -0.05) is 12.1 Å². The molecule has 1 aliphatic carbocycles. The van der Waals surface area contributed by atoms with Crippen LogP contribution in [0.25, 0.3) is 11.3 Å². The quantitative estimate of drug-likeness (QED) is 0.777. The Morgan fingerprint density at radius 3 is 2.55 bits per heavy atom. The Bertz CT molecular complexity index is 870. The van der Waals surface area contributed by atoms with E-state index in [4.69, 9.17) is 4.42 Å². The highest BCUT2D eigenvalue weighted by Gasteiger charge is 2.26. The Balaban J connectivity index is 1.21. The first kappa shape index (κ1) is 19.6. The van der Waals surface area contributed by atoms with Crippen molar-refractivity contribution in [1.29, 1.82) is 0 Å². The molecule has 7 heteroatoms. The van der Waals surface area contributed by atoms with Gasteiger partial charge in [-0.15, -0.1) is 0 Å². The van der Waals surface area contributed by atoms with Gasteiger partial charge in [0, 0.05) is 45.1 Å². The molecule has 154 valence electrons. The lowest BCUT2D eigenvalue weighted by molar-refractivity contribution is -0.133. The lowest BCUT2D eigenvalue weighted by Crippen LogP contribution is -2.51. The Kier molecular flexibility index (Phi) is 5.94. The first-order valence-electron chi connectivity index (χ1n) is 10.2. The largest absolute Gasteiger partial charge is 0.461 e. The minimum absolute atomic E-state index is 0.0794. The van der Waals surface area contributed by atoms with Crippen LogP contribution in [-0.4, -0.2) is 60.4 Å². The van der Waals surface area contributed by atoms with Crippen LogP contribution < -0.4 is 5.32 Å². The highest BCUT2D eigenvalue weighted by molar-refractivity contribution is 5.79. The zero-order valence-electron chi connectivity index (χ0n) is 16.4. The van der Waals surface area contributed by atoms with E-state index in [1.807, 2.05) is 4.90 Å². The zero-order valence-corrected chi connectivity index (χ0v) is 16.4. The van der Waals surface area contributed by atoms with Crippen molar-refractivity contribution in [2.24, 2.45) is 0 Å². The minimum atomic E-state index is -0.326. The lowest BCUT2D eigenvalue weighted by Gasteiger charge is -2.34. The molecule has 2 heterocycles. The maximum atomic E-state index is 13.9. The van der Waals surface area contributed by atoms with Gasteiger partial charge in [0.1, 0.15) is 17.3 Å². The molecule has 4 rings (SSSR count). The summed E-state index contributed by atoms with van der Waals surface area (Å²) in [5.41, 5.74) is 0.423. The molecular weight excluding hydrogens is 373 g/mol. The smallest absolute Gasteiger partial charge is 0.234 e. The number of amides is 2. The topological polar surface area (TPSA) is 65.8 Å². The third-order valence-corrected chi connectivity index (χ3v) is 5.42. The third kappa shape index (κ3) is 5.23. The fourth-order valence-electron chi connectivity index (χ4n) is 3.57. The second-order valence-electron chi connectivity index (χ2n) is 7.74. The molecule has 2 aromatic rings. The standard InChI is InChI=1S/C22H26FN3O3/c23-19-4-2-1-3-18(19)20-9-7-17(29-20)8-10-22(28)26-13-11-25(12-14-26)15-21(27)24-16-5-6-16/h1-4,7,9,16H,5-6,8,10-15H2,(H,24,27). The van der Waals surface area contributed by atoms with Gasteiger partial charge in [-0.25, -0.2) is 4.39 Å². The zero-order chi connectivity index (χ0) is 20.2. The molecule has 1 aliphatic heterocycles. The van der Waals surface area contributed by atoms with Crippen molar-refractivity contribution in [2.45, 2.75) is 31.7 Å². The molecule has 1 aromatic heterocycles. The van der Waals surface area contributed by atoms with Gasteiger partial charge in [0.05, 0.1) is 12.1 Å². The van der Waals surface area contributed by atoms with E-state index in [9.17, 15) is 14.0 Å². The highest BCUT2D eigenvalue weighted by atomic mass is 19.1. The fraction of sp³-hybridized carbons (Fsp3) is 0.455. The number of benzene rings is 1. The number of furan rings is 1.